The second kappa shape index (κ2) is 2.58. The van der Waals surface area contributed by atoms with Crippen molar-refractivity contribution < 1.29 is 0 Å². The molecule has 0 aliphatic heterocycles. The second-order valence-corrected chi connectivity index (χ2v) is 3.52. The number of aromatic amines is 1. The second-order valence-electron chi connectivity index (χ2n) is 3.52. The molecule has 5 nitrogen and oxygen atoms in total. The molecule has 0 aromatic carbocycles. The number of nitrogens with zero attached hydrogens (tertiary/aromatic N) is 2. The van der Waals surface area contributed by atoms with Crippen LogP contribution in [-0.4, -0.2) is 14.8 Å². The Kier molecular flexibility index (Phi) is 1.87. The van der Waals surface area contributed by atoms with E-state index in [9.17, 15) is 9.59 Å². The highest BCUT2D eigenvalue weighted by Crippen LogP contribution is 2.06. The van der Waals surface area contributed by atoms with E-state index in [0.717, 1.165) is 6.20 Å². The Bertz CT molecular complexity index is 383. The van der Waals surface area contributed by atoms with E-state index in [4.69, 9.17) is 0 Å². The average Bonchev–Trinajstić information content (AvgIpc) is 1.92. The summed E-state index contributed by atoms with van der Waals surface area (Å²) in [6, 6.07) is 0. The zero-order chi connectivity index (χ0) is 9.35. The van der Waals surface area contributed by atoms with Crippen LogP contribution in [0.3, 0.4) is 0 Å². The third-order valence-corrected chi connectivity index (χ3v) is 1.39. The third kappa shape index (κ3) is 1.61. The van der Waals surface area contributed by atoms with Crippen molar-refractivity contribution in [3.63, 3.8) is 0 Å². The van der Waals surface area contributed by atoms with Gasteiger partial charge in [-0.15, -0.1) is 0 Å². The molecule has 0 radical (unpaired) electrons. The first-order chi connectivity index (χ1) is 5.41. The zero-order valence-corrected chi connectivity index (χ0v) is 7.29. The Morgan fingerprint density at radius 2 is 2.00 bits per heavy atom. The molecule has 1 N–H and O–H groups in total. The van der Waals surface area contributed by atoms with Crippen LogP contribution in [0.25, 0.3) is 0 Å². The molecule has 0 aliphatic carbocycles. The SMILES string of the molecule is CC(C)(C)n1[nH]c(=O)ncc1=O. The molecule has 0 spiro atoms. The standard InChI is InChI=1S/C7H11N3O2/c1-7(2,3)10-5(11)4-8-6(12)9-10/h4H,1-3H3,(H,9,12). The molecule has 0 unspecified atom stereocenters. The van der Waals surface area contributed by atoms with Crippen LogP contribution in [-0.2, 0) is 5.54 Å². The first-order valence-electron chi connectivity index (χ1n) is 3.60. The van der Waals surface area contributed by atoms with Crippen LogP contribution < -0.4 is 11.2 Å². The van der Waals surface area contributed by atoms with Crippen LogP contribution in [0.5, 0.6) is 0 Å². The van der Waals surface area contributed by atoms with E-state index in [0.29, 0.717) is 0 Å². The van der Waals surface area contributed by atoms with Gasteiger partial charge in [0.1, 0.15) is 0 Å². The Labute approximate surface area is 69.1 Å². The molecule has 0 saturated carbocycles. The van der Waals surface area contributed by atoms with Crippen LogP contribution in [0.1, 0.15) is 20.8 Å². The van der Waals surface area contributed by atoms with E-state index < -0.39 is 11.2 Å². The largest absolute Gasteiger partial charge is 0.359 e. The van der Waals surface area contributed by atoms with Crippen molar-refractivity contribution in [2.24, 2.45) is 0 Å². The summed E-state index contributed by atoms with van der Waals surface area (Å²) in [5, 5.41) is 2.35. The highest BCUT2D eigenvalue weighted by atomic mass is 16.2. The number of rotatable bonds is 0. The van der Waals surface area contributed by atoms with E-state index in [1.54, 1.807) is 0 Å². The van der Waals surface area contributed by atoms with Gasteiger partial charge in [-0.2, -0.15) is 4.98 Å². The summed E-state index contributed by atoms with van der Waals surface area (Å²) in [4.78, 5) is 25.2. The predicted molar refractivity (Wildman–Crippen MR) is 44.1 cm³/mol. The van der Waals surface area contributed by atoms with Crippen LogP contribution in [0, 0.1) is 0 Å². The molecule has 1 heterocycles. The van der Waals surface area contributed by atoms with Gasteiger partial charge < -0.3 is 0 Å². The van der Waals surface area contributed by atoms with Gasteiger partial charge in [0.25, 0.3) is 5.56 Å². The highest BCUT2D eigenvalue weighted by molar-refractivity contribution is 4.78. The molecule has 1 aromatic rings. The minimum absolute atomic E-state index is 0.304. The fourth-order valence-electron chi connectivity index (χ4n) is 0.849. The average molecular weight is 169 g/mol. The Morgan fingerprint density at radius 1 is 1.42 bits per heavy atom. The first-order valence-corrected chi connectivity index (χ1v) is 3.60. The van der Waals surface area contributed by atoms with Crippen molar-refractivity contribution in [2.75, 3.05) is 0 Å². The quantitative estimate of drug-likeness (QED) is 0.579. The minimum atomic E-state index is -0.510. The topological polar surface area (TPSA) is 67.8 Å². The highest BCUT2D eigenvalue weighted by Gasteiger charge is 2.14. The molecule has 0 fully saturated rings. The lowest BCUT2D eigenvalue weighted by molar-refractivity contribution is 0.330. The summed E-state index contributed by atoms with van der Waals surface area (Å²) in [5.41, 5.74) is -1.23. The zero-order valence-electron chi connectivity index (χ0n) is 7.29. The lowest BCUT2D eigenvalue weighted by Gasteiger charge is -2.20. The molecule has 0 amide bonds. The van der Waals surface area contributed by atoms with E-state index in [-0.39, 0.29) is 5.56 Å². The minimum Gasteiger partial charge on any atom is -0.266 e. The lowest BCUT2D eigenvalue weighted by Crippen LogP contribution is -2.40. The normalized spacial score (nSPS) is 11.6. The van der Waals surface area contributed by atoms with Crippen molar-refractivity contribution in [1.29, 1.82) is 0 Å². The monoisotopic (exact) mass is 169 g/mol. The Morgan fingerprint density at radius 3 is 2.42 bits per heavy atom. The number of hydrogen-bond donors (Lipinski definition) is 1. The number of H-pyrrole nitrogens is 1. The van der Waals surface area contributed by atoms with Crippen LogP contribution in [0.15, 0.2) is 15.8 Å². The van der Waals surface area contributed by atoms with E-state index in [2.05, 4.69) is 10.1 Å². The lowest BCUT2D eigenvalue weighted by atomic mass is 10.1. The maximum absolute atomic E-state index is 11.1. The molecule has 1 rings (SSSR count). The van der Waals surface area contributed by atoms with E-state index in [1.807, 2.05) is 20.8 Å². The van der Waals surface area contributed by atoms with Crippen LogP contribution >= 0.6 is 0 Å². The maximum Gasteiger partial charge on any atom is 0.359 e. The van der Waals surface area contributed by atoms with Gasteiger partial charge in [0.15, 0.2) is 0 Å². The molecule has 1 aromatic heterocycles. The molecule has 0 aliphatic rings. The first kappa shape index (κ1) is 8.70. The van der Waals surface area contributed by atoms with Gasteiger partial charge in [0.2, 0.25) is 0 Å². The van der Waals surface area contributed by atoms with Gasteiger partial charge in [-0.25, -0.2) is 14.6 Å². The van der Waals surface area contributed by atoms with Gasteiger partial charge in [0, 0.05) is 0 Å². The summed E-state index contributed by atoms with van der Waals surface area (Å²) in [6.07, 6.45) is 1.02. The third-order valence-electron chi connectivity index (χ3n) is 1.39. The van der Waals surface area contributed by atoms with E-state index >= 15 is 0 Å². The van der Waals surface area contributed by atoms with Gasteiger partial charge in [-0.1, -0.05) is 0 Å². The smallest absolute Gasteiger partial charge is 0.266 e. The summed E-state index contributed by atoms with van der Waals surface area (Å²) in [7, 11) is 0. The summed E-state index contributed by atoms with van der Waals surface area (Å²) < 4.78 is 1.25. The molecule has 12 heavy (non-hydrogen) atoms. The van der Waals surface area contributed by atoms with Gasteiger partial charge in [-0.3, -0.25) is 4.79 Å². The molecule has 0 atom stereocenters. The van der Waals surface area contributed by atoms with Crippen molar-refractivity contribution in [2.45, 2.75) is 26.3 Å². The Hall–Kier alpha value is -1.39. The summed E-state index contributed by atoms with van der Waals surface area (Å²) in [5.74, 6) is 0. The molecule has 0 saturated heterocycles. The fraction of sp³-hybridized carbons (Fsp3) is 0.571. The molecular weight excluding hydrogens is 158 g/mol. The molecule has 66 valence electrons. The van der Waals surface area contributed by atoms with Crippen molar-refractivity contribution in [1.82, 2.24) is 14.8 Å². The molecule has 5 heteroatoms. The molecule has 0 bridgehead atoms. The number of hydrogen-bond acceptors (Lipinski definition) is 3. The van der Waals surface area contributed by atoms with Gasteiger partial charge in [0.05, 0.1) is 11.7 Å². The van der Waals surface area contributed by atoms with Crippen molar-refractivity contribution >= 4 is 0 Å². The maximum atomic E-state index is 11.1. The molecular formula is C7H11N3O2. The van der Waals surface area contributed by atoms with Crippen LogP contribution in [0.4, 0.5) is 0 Å². The predicted octanol–water partition coefficient (Wildman–Crippen LogP) is -0.313. The van der Waals surface area contributed by atoms with E-state index in [1.165, 1.54) is 4.68 Å². The summed E-state index contributed by atoms with van der Waals surface area (Å²) in [6.45, 7) is 5.47. The van der Waals surface area contributed by atoms with Crippen molar-refractivity contribution in [3.05, 3.63) is 27.0 Å². The van der Waals surface area contributed by atoms with Crippen molar-refractivity contribution in [3.8, 4) is 0 Å². The van der Waals surface area contributed by atoms with Gasteiger partial charge in [-0.05, 0) is 20.8 Å². The number of nitrogens with one attached hydrogen (secondary N) is 1. The van der Waals surface area contributed by atoms with Gasteiger partial charge >= 0.3 is 5.69 Å². The fourth-order valence-corrected chi connectivity index (χ4v) is 0.849. The summed E-state index contributed by atoms with van der Waals surface area (Å²) >= 11 is 0. The Balaban J connectivity index is 3.43. The number of aromatic nitrogens is 3. The van der Waals surface area contributed by atoms with Crippen LogP contribution in [0.2, 0.25) is 0 Å².